The van der Waals surface area contributed by atoms with Gasteiger partial charge in [-0.1, -0.05) is 24.3 Å². The lowest BCUT2D eigenvalue weighted by atomic mass is 10.1. The quantitative estimate of drug-likeness (QED) is 0.805. The van der Waals surface area contributed by atoms with Crippen molar-refractivity contribution in [3.05, 3.63) is 36.0 Å². The zero-order valence-electron chi connectivity index (χ0n) is 9.07. The van der Waals surface area contributed by atoms with Crippen LogP contribution < -0.4 is 10.6 Å². The number of rotatable bonds is 2. The first-order chi connectivity index (χ1) is 7.24. The predicted octanol–water partition coefficient (Wildman–Crippen LogP) is 1.76. The van der Waals surface area contributed by atoms with E-state index in [1.807, 2.05) is 37.3 Å². The van der Waals surface area contributed by atoms with E-state index in [1.54, 1.807) is 0 Å². The molecule has 2 aromatic rings. The van der Waals surface area contributed by atoms with Crippen molar-refractivity contribution in [3.8, 4) is 0 Å². The monoisotopic (exact) mass is 201 g/mol. The second-order valence-electron chi connectivity index (χ2n) is 3.75. The van der Waals surface area contributed by atoms with Crippen LogP contribution in [-0.2, 0) is 6.54 Å². The van der Waals surface area contributed by atoms with Gasteiger partial charge in [0.2, 0.25) is 0 Å². The van der Waals surface area contributed by atoms with E-state index in [9.17, 15) is 0 Å². The number of aromatic nitrogens is 1. The van der Waals surface area contributed by atoms with E-state index in [-0.39, 0.29) is 0 Å². The van der Waals surface area contributed by atoms with Gasteiger partial charge in [0.05, 0.1) is 0 Å². The lowest BCUT2D eigenvalue weighted by molar-refractivity contribution is 1.04. The van der Waals surface area contributed by atoms with Crippen LogP contribution in [0.4, 0.5) is 5.82 Å². The van der Waals surface area contributed by atoms with Crippen LogP contribution in [-0.4, -0.2) is 19.1 Å². The molecule has 0 aliphatic rings. The minimum atomic E-state index is 0.529. The van der Waals surface area contributed by atoms with Gasteiger partial charge in [-0.15, -0.1) is 0 Å². The maximum absolute atomic E-state index is 5.69. The van der Waals surface area contributed by atoms with Crippen LogP contribution in [0.15, 0.2) is 30.5 Å². The van der Waals surface area contributed by atoms with Gasteiger partial charge >= 0.3 is 0 Å². The molecule has 2 rings (SSSR count). The Morgan fingerprint density at radius 3 is 2.47 bits per heavy atom. The second kappa shape index (κ2) is 3.87. The van der Waals surface area contributed by atoms with Crippen LogP contribution in [0.25, 0.3) is 10.8 Å². The molecule has 0 aliphatic heterocycles. The number of anilines is 1. The van der Waals surface area contributed by atoms with Gasteiger partial charge in [0, 0.05) is 32.2 Å². The Balaban J connectivity index is 2.77. The Morgan fingerprint density at radius 2 is 1.87 bits per heavy atom. The van der Waals surface area contributed by atoms with Crippen LogP contribution in [0.2, 0.25) is 0 Å². The summed E-state index contributed by atoms with van der Waals surface area (Å²) < 4.78 is 0. The smallest absolute Gasteiger partial charge is 0.135 e. The van der Waals surface area contributed by atoms with Gasteiger partial charge in [0.15, 0.2) is 0 Å². The molecule has 1 aromatic carbocycles. The first-order valence-electron chi connectivity index (χ1n) is 4.98. The summed E-state index contributed by atoms with van der Waals surface area (Å²) in [6.07, 6.45) is 1.86. The molecular formula is C12H15N3. The molecule has 0 atom stereocenters. The molecule has 3 nitrogen and oxygen atoms in total. The average molecular weight is 201 g/mol. The van der Waals surface area contributed by atoms with Gasteiger partial charge in [-0.05, 0) is 10.9 Å². The van der Waals surface area contributed by atoms with Gasteiger partial charge < -0.3 is 10.6 Å². The van der Waals surface area contributed by atoms with Gasteiger partial charge in [-0.25, -0.2) is 4.98 Å². The van der Waals surface area contributed by atoms with E-state index in [4.69, 9.17) is 5.73 Å². The summed E-state index contributed by atoms with van der Waals surface area (Å²) in [6, 6.07) is 8.22. The molecule has 2 N–H and O–H groups in total. The second-order valence-corrected chi connectivity index (χ2v) is 3.75. The maximum atomic E-state index is 5.69. The van der Waals surface area contributed by atoms with E-state index >= 15 is 0 Å². The van der Waals surface area contributed by atoms with Crippen molar-refractivity contribution in [2.24, 2.45) is 5.73 Å². The number of nitrogens with two attached hydrogens (primary N) is 1. The first-order valence-corrected chi connectivity index (χ1v) is 4.98. The average Bonchev–Trinajstić information content (AvgIpc) is 2.27. The Morgan fingerprint density at radius 1 is 1.20 bits per heavy atom. The maximum Gasteiger partial charge on any atom is 0.135 e. The molecular weight excluding hydrogens is 186 g/mol. The van der Waals surface area contributed by atoms with Crippen molar-refractivity contribution in [2.75, 3.05) is 19.0 Å². The molecule has 1 heterocycles. The third-order valence-electron chi connectivity index (χ3n) is 2.50. The summed E-state index contributed by atoms with van der Waals surface area (Å²) >= 11 is 0. The van der Waals surface area contributed by atoms with Crippen molar-refractivity contribution in [1.82, 2.24) is 4.98 Å². The molecule has 15 heavy (non-hydrogen) atoms. The van der Waals surface area contributed by atoms with Crippen molar-refractivity contribution in [3.63, 3.8) is 0 Å². The van der Waals surface area contributed by atoms with Crippen molar-refractivity contribution >= 4 is 16.6 Å². The standard InChI is InChI=1S/C12H15N3/c1-15(2)12-11-6-4-3-5-10(11)9(7-13)8-14-12/h3-6,8H,7,13H2,1-2H3. The minimum absolute atomic E-state index is 0.529. The topological polar surface area (TPSA) is 42.2 Å². The van der Waals surface area contributed by atoms with Crippen LogP contribution in [0.5, 0.6) is 0 Å². The van der Waals surface area contributed by atoms with Crippen molar-refractivity contribution in [1.29, 1.82) is 0 Å². The number of benzene rings is 1. The highest BCUT2D eigenvalue weighted by molar-refractivity contribution is 5.94. The first kappa shape index (κ1) is 9.93. The van der Waals surface area contributed by atoms with Crippen molar-refractivity contribution in [2.45, 2.75) is 6.54 Å². The molecule has 3 heteroatoms. The van der Waals surface area contributed by atoms with Crippen molar-refractivity contribution < 1.29 is 0 Å². The van der Waals surface area contributed by atoms with Crippen LogP contribution in [0.3, 0.4) is 0 Å². The fourth-order valence-electron chi connectivity index (χ4n) is 1.76. The molecule has 0 radical (unpaired) electrons. The minimum Gasteiger partial charge on any atom is -0.362 e. The summed E-state index contributed by atoms with van der Waals surface area (Å²) in [7, 11) is 3.99. The summed E-state index contributed by atoms with van der Waals surface area (Å²) in [5, 5.41) is 2.35. The van der Waals surface area contributed by atoms with Gasteiger partial charge in [0.1, 0.15) is 5.82 Å². The molecule has 0 aliphatic carbocycles. The van der Waals surface area contributed by atoms with Gasteiger partial charge in [-0.2, -0.15) is 0 Å². The largest absolute Gasteiger partial charge is 0.362 e. The highest BCUT2D eigenvalue weighted by atomic mass is 15.1. The fraction of sp³-hybridized carbons (Fsp3) is 0.250. The number of pyridine rings is 1. The van der Waals surface area contributed by atoms with Crippen LogP contribution in [0, 0.1) is 0 Å². The summed E-state index contributed by atoms with van der Waals surface area (Å²) in [5.41, 5.74) is 6.78. The van der Waals surface area contributed by atoms with Gasteiger partial charge in [-0.3, -0.25) is 0 Å². The van der Waals surface area contributed by atoms with E-state index in [2.05, 4.69) is 17.1 Å². The predicted molar refractivity (Wildman–Crippen MR) is 64.0 cm³/mol. The Kier molecular flexibility index (Phi) is 2.56. The van der Waals surface area contributed by atoms with Crippen LogP contribution in [0.1, 0.15) is 5.56 Å². The van der Waals surface area contributed by atoms with E-state index in [0.29, 0.717) is 6.54 Å². The Labute approximate surface area is 89.5 Å². The number of hydrogen-bond acceptors (Lipinski definition) is 3. The highest BCUT2D eigenvalue weighted by Gasteiger charge is 2.06. The SMILES string of the molecule is CN(C)c1ncc(CN)c2ccccc12. The third kappa shape index (κ3) is 1.66. The molecule has 0 saturated heterocycles. The zero-order valence-corrected chi connectivity index (χ0v) is 9.07. The number of fused-ring (bicyclic) bond motifs is 1. The van der Waals surface area contributed by atoms with E-state index in [0.717, 1.165) is 16.8 Å². The Bertz CT molecular complexity index is 477. The molecule has 0 amide bonds. The highest BCUT2D eigenvalue weighted by Crippen LogP contribution is 2.25. The summed E-state index contributed by atoms with van der Waals surface area (Å²) in [4.78, 5) is 6.44. The summed E-state index contributed by atoms with van der Waals surface area (Å²) in [5.74, 6) is 0.989. The molecule has 0 unspecified atom stereocenters. The normalized spacial score (nSPS) is 10.6. The fourth-order valence-corrected chi connectivity index (χ4v) is 1.76. The zero-order chi connectivity index (χ0) is 10.8. The molecule has 0 bridgehead atoms. The lowest BCUT2D eigenvalue weighted by Crippen LogP contribution is -2.12. The molecule has 0 fully saturated rings. The third-order valence-corrected chi connectivity index (χ3v) is 2.50. The van der Waals surface area contributed by atoms with Gasteiger partial charge in [0.25, 0.3) is 0 Å². The number of nitrogens with zero attached hydrogens (tertiary/aromatic N) is 2. The molecule has 0 spiro atoms. The Hall–Kier alpha value is -1.61. The van der Waals surface area contributed by atoms with E-state index in [1.165, 1.54) is 5.39 Å². The molecule has 78 valence electrons. The molecule has 1 aromatic heterocycles. The lowest BCUT2D eigenvalue weighted by Gasteiger charge is -2.15. The van der Waals surface area contributed by atoms with Crippen LogP contribution >= 0.6 is 0 Å². The summed E-state index contributed by atoms with van der Waals surface area (Å²) in [6.45, 7) is 0.529. The van der Waals surface area contributed by atoms with E-state index < -0.39 is 0 Å². The number of hydrogen-bond donors (Lipinski definition) is 1. The molecule has 0 saturated carbocycles.